The van der Waals surface area contributed by atoms with Crippen molar-refractivity contribution in [1.29, 1.82) is 0 Å². The predicted octanol–water partition coefficient (Wildman–Crippen LogP) is 2.22. The molecule has 0 spiro atoms. The maximum Gasteiger partial charge on any atom is 0.275 e. The molecule has 0 bridgehead atoms. The van der Waals surface area contributed by atoms with Gasteiger partial charge in [0.15, 0.2) is 0 Å². The zero-order chi connectivity index (χ0) is 14.1. The summed E-state index contributed by atoms with van der Waals surface area (Å²) in [5, 5.41) is 5.37. The summed E-state index contributed by atoms with van der Waals surface area (Å²) in [7, 11) is 2.16. The average Bonchev–Trinajstić information content (AvgIpc) is 2.82. The van der Waals surface area contributed by atoms with E-state index in [-0.39, 0.29) is 5.56 Å². The maximum atomic E-state index is 11.9. The highest BCUT2D eigenvalue weighted by Crippen LogP contribution is 2.23. The molecule has 0 unspecified atom stereocenters. The van der Waals surface area contributed by atoms with Gasteiger partial charge in [0.05, 0.1) is 6.54 Å². The molecule has 108 valence electrons. The molecule has 0 N–H and O–H groups in total. The van der Waals surface area contributed by atoms with Crippen molar-refractivity contribution in [2.24, 2.45) is 0 Å². The topological polar surface area (TPSA) is 50.5 Å². The van der Waals surface area contributed by atoms with Crippen molar-refractivity contribution in [3.8, 4) is 0 Å². The number of aromatic nitrogens is 3. The van der Waals surface area contributed by atoms with E-state index >= 15 is 0 Å². The van der Waals surface area contributed by atoms with Crippen LogP contribution in [0.1, 0.15) is 42.8 Å². The van der Waals surface area contributed by atoms with Crippen LogP contribution in [0.5, 0.6) is 0 Å². The van der Waals surface area contributed by atoms with E-state index in [0.717, 1.165) is 17.2 Å². The molecule has 2 aromatic heterocycles. The number of nitrogens with zero attached hydrogens (tertiary/aromatic N) is 4. The molecule has 2 heterocycles. The fraction of sp³-hybridized carbons (Fsp3) is 0.643. The summed E-state index contributed by atoms with van der Waals surface area (Å²) in [4.78, 5) is 19.3. The number of aryl methyl sites for hydroxylation is 1. The Hall–Kier alpha value is -1.27. The van der Waals surface area contributed by atoms with Crippen LogP contribution in [0.3, 0.4) is 0 Å². The highest BCUT2D eigenvalue weighted by molar-refractivity contribution is 7.16. The van der Waals surface area contributed by atoms with Crippen LogP contribution in [0.2, 0.25) is 0 Å². The summed E-state index contributed by atoms with van der Waals surface area (Å²) < 4.78 is 1.42. The maximum absolute atomic E-state index is 11.9. The van der Waals surface area contributed by atoms with Gasteiger partial charge in [-0.05, 0) is 26.8 Å². The summed E-state index contributed by atoms with van der Waals surface area (Å²) in [5.41, 5.74) is 0.668. The van der Waals surface area contributed by atoms with Crippen molar-refractivity contribution in [2.75, 3.05) is 7.05 Å². The lowest BCUT2D eigenvalue weighted by Crippen LogP contribution is -2.32. The number of rotatable bonds is 3. The minimum atomic E-state index is -0.0877. The van der Waals surface area contributed by atoms with Gasteiger partial charge in [0.1, 0.15) is 5.01 Å². The first-order chi connectivity index (χ1) is 9.63. The van der Waals surface area contributed by atoms with Crippen molar-refractivity contribution < 1.29 is 0 Å². The second-order valence-electron chi connectivity index (χ2n) is 5.63. The first-order valence-corrected chi connectivity index (χ1v) is 8.02. The molecule has 1 fully saturated rings. The molecule has 6 heteroatoms. The van der Waals surface area contributed by atoms with Gasteiger partial charge < -0.3 is 0 Å². The molecule has 0 aromatic carbocycles. The van der Waals surface area contributed by atoms with E-state index in [1.807, 2.05) is 6.92 Å². The van der Waals surface area contributed by atoms with Crippen LogP contribution < -0.4 is 5.56 Å². The Bertz CT molecular complexity index is 657. The van der Waals surface area contributed by atoms with Crippen LogP contribution in [0.25, 0.3) is 4.96 Å². The third kappa shape index (κ3) is 2.76. The number of fused-ring (bicyclic) bond motifs is 1. The molecular formula is C14H20N4OS. The van der Waals surface area contributed by atoms with Crippen LogP contribution in [0.4, 0.5) is 0 Å². The van der Waals surface area contributed by atoms with Gasteiger partial charge in [0.2, 0.25) is 4.96 Å². The molecule has 3 rings (SSSR count). The fourth-order valence-electron chi connectivity index (χ4n) is 2.89. The van der Waals surface area contributed by atoms with E-state index in [4.69, 9.17) is 0 Å². The Kier molecular flexibility index (Phi) is 3.85. The molecule has 0 aliphatic heterocycles. The van der Waals surface area contributed by atoms with Crippen molar-refractivity contribution in [3.63, 3.8) is 0 Å². The molecule has 5 nitrogen and oxygen atoms in total. The fourth-order valence-corrected chi connectivity index (χ4v) is 3.90. The van der Waals surface area contributed by atoms with Gasteiger partial charge in [-0.15, -0.1) is 0 Å². The second kappa shape index (κ2) is 5.61. The summed E-state index contributed by atoms with van der Waals surface area (Å²) in [6.45, 7) is 2.64. The molecular weight excluding hydrogens is 272 g/mol. The Morgan fingerprint density at radius 3 is 2.90 bits per heavy atom. The first kappa shape index (κ1) is 13.7. The van der Waals surface area contributed by atoms with Crippen LogP contribution in [0.15, 0.2) is 10.9 Å². The van der Waals surface area contributed by atoms with Crippen LogP contribution in [0, 0.1) is 6.92 Å². The van der Waals surface area contributed by atoms with Crippen LogP contribution in [-0.2, 0) is 6.54 Å². The average molecular weight is 292 g/mol. The van der Waals surface area contributed by atoms with Gasteiger partial charge in [-0.25, -0.2) is 4.98 Å². The smallest absolute Gasteiger partial charge is 0.275 e. The van der Waals surface area contributed by atoms with E-state index < -0.39 is 0 Å². The molecule has 1 aliphatic carbocycles. The van der Waals surface area contributed by atoms with Gasteiger partial charge in [0, 0.05) is 17.8 Å². The molecule has 2 aromatic rings. The standard InChI is InChI=1S/C14H20N4OS/c1-10-8-13(19)18-14(15-10)20-12(16-18)9-17(2)11-6-4-3-5-7-11/h8,11H,3-7,9H2,1-2H3. The van der Waals surface area contributed by atoms with Gasteiger partial charge in [-0.3, -0.25) is 9.69 Å². The first-order valence-electron chi connectivity index (χ1n) is 7.20. The molecule has 0 atom stereocenters. The molecule has 0 saturated heterocycles. The zero-order valence-electron chi connectivity index (χ0n) is 12.0. The number of hydrogen-bond donors (Lipinski definition) is 0. The van der Waals surface area contributed by atoms with E-state index in [2.05, 4.69) is 22.0 Å². The molecule has 0 amide bonds. The highest BCUT2D eigenvalue weighted by Gasteiger charge is 2.19. The minimum Gasteiger partial charge on any atom is -0.297 e. The van der Waals surface area contributed by atoms with E-state index in [1.54, 1.807) is 0 Å². The highest BCUT2D eigenvalue weighted by atomic mass is 32.1. The Morgan fingerprint density at radius 1 is 1.40 bits per heavy atom. The van der Waals surface area contributed by atoms with E-state index in [0.29, 0.717) is 11.0 Å². The lowest BCUT2D eigenvalue weighted by Gasteiger charge is -2.30. The monoisotopic (exact) mass is 292 g/mol. The Balaban J connectivity index is 1.80. The van der Waals surface area contributed by atoms with Gasteiger partial charge in [-0.1, -0.05) is 30.6 Å². The third-order valence-corrected chi connectivity index (χ3v) is 4.89. The third-order valence-electron chi connectivity index (χ3n) is 4.00. The van der Waals surface area contributed by atoms with Crippen LogP contribution in [-0.4, -0.2) is 32.6 Å². The largest absolute Gasteiger partial charge is 0.297 e. The van der Waals surface area contributed by atoms with E-state index in [1.165, 1.54) is 54.0 Å². The predicted molar refractivity (Wildman–Crippen MR) is 80.2 cm³/mol. The second-order valence-corrected chi connectivity index (χ2v) is 6.67. The van der Waals surface area contributed by atoms with Gasteiger partial charge >= 0.3 is 0 Å². The summed E-state index contributed by atoms with van der Waals surface area (Å²) in [5.74, 6) is 0. The quantitative estimate of drug-likeness (QED) is 0.870. The Labute approximate surface area is 122 Å². The molecule has 1 aliphatic rings. The van der Waals surface area contributed by atoms with Crippen molar-refractivity contribution in [2.45, 2.75) is 51.6 Å². The lowest BCUT2D eigenvalue weighted by atomic mass is 9.94. The summed E-state index contributed by atoms with van der Waals surface area (Å²) >= 11 is 1.52. The van der Waals surface area contributed by atoms with Crippen molar-refractivity contribution in [3.05, 3.63) is 27.1 Å². The van der Waals surface area contributed by atoms with Gasteiger partial charge in [-0.2, -0.15) is 9.61 Å². The lowest BCUT2D eigenvalue weighted by molar-refractivity contribution is 0.184. The minimum absolute atomic E-state index is 0.0877. The number of hydrogen-bond acceptors (Lipinski definition) is 5. The summed E-state index contributed by atoms with van der Waals surface area (Å²) in [6.07, 6.45) is 6.57. The Morgan fingerprint density at radius 2 is 2.15 bits per heavy atom. The normalized spacial score (nSPS) is 17.1. The van der Waals surface area contributed by atoms with E-state index in [9.17, 15) is 4.79 Å². The summed E-state index contributed by atoms with van der Waals surface area (Å²) in [6, 6.07) is 2.18. The molecule has 20 heavy (non-hydrogen) atoms. The van der Waals surface area contributed by atoms with Gasteiger partial charge in [0.25, 0.3) is 5.56 Å². The molecule has 0 radical (unpaired) electrons. The molecule has 1 saturated carbocycles. The zero-order valence-corrected chi connectivity index (χ0v) is 12.8. The van der Waals surface area contributed by atoms with Crippen molar-refractivity contribution >= 4 is 16.3 Å². The van der Waals surface area contributed by atoms with Crippen LogP contribution >= 0.6 is 11.3 Å². The SMILES string of the molecule is Cc1cc(=O)n2nc(CN(C)C3CCCCC3)sc2n1. The van der Waals surface area contributed by atoms with Crippen molar-refractivity contribution in [1.82, 2.24) is 19.5 Å².